The number of ether oxygens (including phenoxy) is 2. The van der Waals surface area contributed by atoms with Crippen LogP contribution in [0.2, 0.25) is 0 Å². The Labute approximate surface area is 94.5 Å². The van der Waals surface area contributed by atoms with Gasteiger partial charge in [0.25, 0.3) is 0 Å². The predicted octanol–water partition coefficient (Wildman–Crippen LogP) is 1.32. The molecule has 0 rings (SSSR count). The van der Waals surface area contributed by atoms with E-state index in [1.54, 1.807) is 13.2 Å². The molecule has 7 heteroatoms. The average molecular weight is 238 g/mol. The standard InChI is InChI=1S/C9H18O7/c1-3-5-11-8-9-13-15-16-14-12-7-4-6-10-2/h4,7H,3,5-6,8-9H2,1-2H3/b7-4-. The first-order valence-corrected chi connectivity index (χ1v) is 4.91. The van der Waals surface area contributed by atoms with Crippen molar-refractivity contribution in [3.8, 4) is 0 Å². The summed E-state index contributed by atoms with van der Waals surface area (Å²) < 4.78 is 9.80. The summed E-state index contributed by atoms with van der Waals surface area (Å²) in [6, 6.07) is 0. The average Bonchev–Trinajstić information content (AvgIpc) is 2.31. The summed E-state index contributed by atoms with van der Waals surface area (Å²) >= 11 is 0. The fraction of sp³-hybridized carbons (Fsp3) is 0.778. The van der Waals surface area contributed by atoms with Gasteiger partial charge >= 0.3 is 0 Å². The summed E-state index contributed by atoms with van der Waals surface area (Å²) in [4.78, 5) is 8.87. The molecule has 0 amide bonds. The molecule has 0 aliphatic rings. The predicted molar refractivity (Wildman–Crippen MR) is 52.4 cm³/mol. The van der Waals surface area contributed by atoms with Gasteiger partial charge in [0.15, 0.2) is 0 Å². The van der Waals surface area contributed by atoms with E-state index in [1.165, 1.54) is 6.26 Å². The molecule has 0 aromatic rings. The van der Waals surface area contributed by atoms with E-state index in [-0.39, 0.29) is 6.61 Å². The maximum Gasteiger partial charge on any atom is 0.131 e. The number of hydrogen-bond acceptors (Lipinski definition) is 7. The summed E-state index contributed by atoms with van der Waals surface area (Å²) in [5, 5.41) is 12.2. The van der Waals surface area contributed by atoms with Gasteiger partial charge in [-0.15, -0.1) is 0 Å². The molecule has 0 heterocycles. The largest absolute Gasteiger partial charge is 0.381 e. The van der Waals surface area contributed by atoms with E-state index in [4.69, 9.17) is 9.47 Å². The molecule has 0 spiro atoms. The van der Waals surface area contributed by atoms with Gasteiger partial charge in [-0.05, 0) is 17.5 Å². The summed E-state index contributed by atoms with van der Waals surface area (Å²) in [7, 11) is 1.55. The Morgan fingerprint density at radius 2 is 1.88 bits per heavy atom. The minimum atomic E-state index is 0.239. The summed E-state index contributed by atoms with van der Waals surface area (Å²) in [6.45, 7) is 3.78. The van der Waals surface area contributed by atoms with Gasteiger partial charge < -0.3 is 14.4 Å². The molecule has 0 unspecified atom stereocenters. The van der Waals surface area contributed by atoms with Crippen LogP contribution in [0.15, 0.2) is 12.3 Å². The van der Waals surface area contributed by atoms with Gasteiger partial charge in [-0.2, -0.15) is 0 Å². The van der Waals surface area contributed by atoms with Crippen LogP contribution < -0.4 is 0 Å². The highest BCUT2D eigenvalue weighted by Crippen LogP contribution is 1.88. The van der Waals surface area contributed by atoms with Crippen molar-refractivity contribution >= 4 is 0 Å². The van der Waals surface area contributed by atoms with Gasteiger partial charge in [0.2, 0.25) is 0 Å². The van der Waals surface area contributed by atoms with E-state index in [0.29, 0.717) is 19.8 Å². The highest BCUT2D eigenvalue weighted by molar-refractivity contribution is 4.70. The second kappa shape index (κ2) is 14.3. The van der Waals surface area contributed by atoms with E-state index in [2.05, 4.69) is 24.9 Å². The number of methoxy groups -OCH3 is 1. The van der Waals surface area contributed by atoms with Crippen molar-refractivity contribution in [1.82, 2.24) is 0 Å². The molecule has 0 atom stereocenters. The zero-order chi connectivity index (χ0) is 11.9. The molecular formula is C9H18O7. The van der Waals surface area contributed by atoms with Crippen LogP contribution in [0.4, 0.5) is 0 Å². The zero-order valence-corrected chi connectivity index (χ0v) is 9.55. The molecule has 0 aromatic heterocycles. The molecule has 0 N–H and O–H groups in total. The van der Waals surface area contributed by atoms with Crippen LogP contribution in [-0.4, -0.2) is 33.5 Å². The molecule has 0 aromatic carbocycles. The van der Waals surface area contributed by atoms with Gasteiger partial charge in [0, 0.05) is 23.8 Å². The third-order valence-electron chi connectivity index (χ3n) is 1.22. The van der Waals surface area contributed by atoms with E-state index >= 15 is 0 Å². The van der Waals surface area contributed by atoms with E-state index in [9.17, 15) is 0 Å². The van der Waals surface area contributed by atoms with Crippen LogP contribution in [0.1, 0.15) is 13.3 Å². The molecule has 0 saturated carbocycles. The smallest absolute Gasteiger partial charge is 0.131 e. The number of hydrogen-bond donors (Lipinski definition) is 0. The van der Waals surface area contributed by atoms with Crippen molar-refractivity contribution in [2.24, 2.45) is 0 Å². The van der Waals surface area contributed by atoms with Crippen molar-refractivity contribution in [2.45, 2.75) is 13.3 Å². The summed E-state index contributed by atoms with van der Waals surface area (Å²) in [5.41, 5.74) is 0. The maximum atomic E-state index is 5.10. The Balaban J connectivity index is 2.93. The second-order valence-electron chi connectivity index (χ2n) is 2.56. The Hall–Kier alpha value is -0.700. The van der Waals surface area contributed by atoms with Gasteiger partial charge in [-0.25, -0.2) is 4.89 Å². The Kier molecular flexibility index (Phi) is 13.7. The van der Waals surface area contributed by atoms with Crippen molar-refractivity contribution in [3.05, 3.63) is 12.3 Å². The molecule has 7 nitrogen and oxygen atoms in total. The van der Waals surface area contributed by atoms with Gasteiger partial charge in [0.05, 0.1) is 13.2 Å². The maximum absolute atomic E-state index is 5.10. The van der Waals surface area contributed by atoms with E-state index in [1.807, 2.05) is 6.92 Å². The first-order valence-electron chi connectivity index (χ1n) is 4.91. The Bertz CT molecular complexity index is 151. The van der Waals surface area contributed by atoms with Gasteiger partial charge in [0.1, 0.15) is 12.9 Å². The van der Waals surface area contributed by atoms with Crippen LogP contribution in [0, 0.1) is 0 Å². The highest BCUT2D eigenvalue weighted by Gasteiger charge is 1.91. The second-order valence-corrected chi connectivity index (χ2v) is 2.56. The van der Waals surface area contributed by atoms with Crippen LogP contribution >= 0.6 is 0 Å². The molecule has 0 fully saturated rings. The first-order chi connectivity index (χ1) is 7.91. The number of rotatable bonds is 12. The molecule has 0 bridgehead atoms. The quantitative estimate of drug-likeness (QED) is 0.220. The van der Waals surface area contributed by atoms with Crippen LogP contribution in [0.25, 0.3) is 0 Å². The Morgan fingerprint density at radius 1 is 1.00 bits per heavy atom. The van der Waals surface area contributed by atoms with Crippen molar-refractivity contribution in [3.63, 3.8) is 0 Å². The van der Waals surface area contributed by atoms with Crippen molar-refractivity contribution in [1.29, 1.82) is 0 Å². The van der Waals surface area contributed by atoms with Gasteiger partial charge in [-0.3, -0.25) is 0 Å². The van der Waals surface area contributed by atoms with Crippen molar-refractivity contribution in [2.75, 3.05) is 33.5 Å². The molecule has 0 saturated heterocycles. The summed E-state index contributed by atoms with van der Waals surface area (Å²) in [5.74, 6) is 0. The third-order valence-corrected chi connectivity index (χ3v) is 1.22. The van der Waals surface area contributed by atoms with Crippen molar-refractivity contribution < 1.29 is 34.4 Å². The van der Waals surface area contributed by atoms with Gasteiger partial charge in [-0.1, -0.05) is 6.92 Å². The van der Waals surface area contributed by atoms with Crippen LogP contribution in [0.3, 0.4) is 0 Å². The molecule has 0 radical (unpaired) electrons. The van der Waals surface area contributed by atoms with Crippen LogP contribution in [0.5, 0.6) is 0 Å². The zero-order valence-electron chi connectivity index (χ0n) is 9.55. The molecular weight excluding hydrogens is 220 g/mol. The fourth-order valence-corrected chi connectivity index (χ4v) is 0.618. The third kappa shape index (κ3) is 13.3. The SMILES string of the molecule is CCCOCCOOOOO/C=C\COC. The Morgan fingerprint density at radius 3 is 2.62 bits per heavy atom. The first kappa shape index (κ1) is 15.3. The highest BCUT2D eigenvalue weighted by atomic mass is 17.8. The van der Waals surface area contributed by atoms with E-state index < -0.39 is 0 Å². The minimum Gasteiger partial charge on any atom is -0.381 e. The molecule has 0 aliphatic carbocycles. The lowest BCUT2D eigenvalue weighted by Gasteiger charge is -2.01. The molecule has 16 heavy (non-hydrogen) atoms. The van der Waals surface area contributed by atoms with Crippen LogP contribution in [-0.2, 0) is 34.4 Å². The summed E-state index contributed by atoms with van der Waals surface area (Å²) in [6.07, 6.45) is 3.77. The molecule has 96 valence electrons. The lowest BCUT2D eigenvalue weighted by Crippen LogP contribution is -2.06. The topological polar surface area (TPSA) is 64.6 Å². The monoisotopic (exact) mass is 238 g/mol. The lowest BCUT2D eigenvalue weighted by atomic mass is 10.5. The molecule has 0 aliphatic heterocycles. The lowest BCUT2D eigenvalue weighted by molar-refractivity contribution is -0.700. The van der Waals surface area contributed by atoms with E-state index in [0.717, 1.165) is 6.42 Å². The normalized spacial score (nSPS) is 11.1. The fourth-order valence-electron chi connectivity index (χ4n) is 0.618. The minimum absolute atomic E-state index is 0.239.